The van der Waals surface area contributed by atoms with Gasteiger partial charge in [-0.2, -0.15) is 0 Å². The zero-order valence-corrected chi connectivity index (χ0v) is 14.1. The van der Waals surface area contributed by atoms with Crippen molar-refractivity contribution in [1.82, 2.24) is 16.0 Å². The number of hydrogen-bond acceptors (Lipinski definition) is 5. The molecule has 138 valence electrons. The van der Waals surface area contributed by atoms with E-state index in [-0.39, 0.29) is 19.3 Å². The number of urea groups is 1. The van der Waals surface area contributed by atoms with Gasteiger partial charge >= 0.3 is 18.0 Å². The summed E-state index contributed by atoms with van der Waals surface area (Å²) in [6, 6.07) is -2.85. The van der Waals surface area contributed by atoms with Gasteiger partial charge in [-0.05, 0) is 32.2 Å². The van der Waals surface area contributed by atoms with Crippen LogP contribution in [-0.2, 0) is 14.4 Å². The maximum absolute atomic E-state index is 11.8. The second-order valence-electron chi connectivity index (χ2n) is 5.75. The van der Waals surface area contributed by atoms with Gasteiger partial charge in [-0.25, -0.2) is 14.4 Å². The summed E-state index contributed by atoms with van der Waals surface area (Å²) in [5, 5.41) is 25.7. The first-order chi connectivity index (χ1) is 11.3. The molecule has 24 heavy (non-hydrogen) atoms. The first-order valence-corrected chi connectivity index (χ1v) is 7.97. The maximum atomic E-state index is 11.8. The van der Waals surface area contributed by atoms with Crippen LogP contribution in [0.3, 0.4) is 0 Å². The van der Waals surface area contributed by atoms with Crippen LogP contribution in [0.5, 0.6) is 0 Å². The second kappa shape index (κ2) is 12.3. The highest BCUT2D eigenvalue weighted by atomic mass is 16.4. The number of rotatable bonds is 13. The SMILES string of the molecule is CC(C)NCCCCC(NC(=O)NC(CCC=O)C(=O)O)C(=O)O. The molecule has 0 rings (SSSR count). The summed E-state index contributed by atoms with van der Waals surface area (Å²) in [5.74, 6) is -2.46. The molecule has 0 bridgehead atoms. The number of carboxylic acids is 2. The molecule has 2 atom stereocenters. The highest BCUT2D eigenvalue weighted by Gasteiger charge is 2.23. The van der Waals surface area contributed by atoms with E-state index in [1.807, 2.05) is 13.8 Å². The van der Waals surface area contributed by atoms with Crippen molar-refractivity contribution in [1.29, 1.82) is 0 Å². The lowest BCUT2D eigenvalue weighted by Crippen LogP contribution is -2.51. The molecule has 0 fully saturated rings. The Balaban J connectivity index is 4.33. The first-order valence-electron chi connectivity index (χ1n) is 7.97. The van der Waals surface area contributed by atoms with Crippen molar-refractivity contribution in [2.75, 3.05) is 6.54 Å². The largest absolute Gasteiger partial charge is 0.480 e. The number of aliphatic carboxylic acids is 2. The van der Waals surface area contributed by atoms with E-state index >= 15 is 0 Å². The average molecular weight is 345 g/mol. The van der Waals surface area contributed by atoms with E-state index in [0.29, 0.717) is 18.7 Å². The van der Waals surface area contributed by atoms with Crippen molar-refractivity contribution in [2.45, 2.75) is 64.1 Å². The minimum absolute atomic E-state index is 0.0115. The Hall–Kier alpha value is -2.16. The molecule has 0 radical (unpaired) electrons. The Bertz CT molecular complexity index is 427. The molecule has 0 aliphatic heterocycles. The number of amides is 2. The van der Waals surface area contributed by atoms with Gasteiger partial charge in [0.2, 0.25) is 0 Å². The molecule has 0 aromatic carbocycles. The lowest BCUT2D eigenvalue weighted by Gasteiger charge is -2.18. The van der Waals surface area contributed by atoms with Crippen molar-refractivity contribution in [3.63, 3.8) is 0 Å². The summed E-state index contributed by atoms with van der Waals surface area (Å²) in [6.45, 7) is 4.77. The molecule has 2 amide bonds. The number of aldehydes is 1. The summed E-state index contributed by atoms with van der Waals surface area (Å²) >= 11 is 0. The van der Waals surface area contributed by atoms with Crippen molar-refractivity contribution < 1.29 is 29.4 Å². The smallest absolute Gasteiger partial charge is 0.326 e. The van der Waals surface area contributed by atoms with Crippen LogP contribution in [0.2, 0.25) is 0 Å². The van der Waals surface area contributed by atoms with Gasteiger partial charge in [-0.3, -0.25) is 0 Å². The van der Waals surface area contributed by atoms with Crippen molar-refractivity contribution in [3.8, 4) is 0 Å². The van der Waals surface area contributed by atoms with Crippen molar-refractivity contribution in [2.24, 2.45) is 0 Å². The zero-order valence-electron chi connectivity index (χ0n) is 14.1. The van der Waals surface area contributed by atoms with Crippen molar-refractivity contribution in [3.05, 3.63) is 0 Å². The standard InChI is InChI=1S/C15H27N3O6/c1-10(2)16-8-4-3-6-11(13(20)21)17-15(24)18-12(14(22)23)7-5-9-19/h9-12,16H,3-8H2,1-2H3,(H,20,21)(H,22,23)(H2,17,18,24). The van der Waals surface area contributed by atoms with E-state index in [2.05, 4.69) is 16.0 Å². The Kier molecular flexibility index (Phi) is 11.2. The molecule has 0 aromatic rings. The molecule has 9 heteroatoms. The summed E-state index contributed by atoms with van der Waals surface area (Å²) in [6.07, 6.45) is 2.11. The minimum atomic E-state index is -1.28. The normalized spacial score (nSPS) is 13.1. The molecule has 0 aliphatic rings. The molecule has 0 spiro atoms. The maximum Gasteiger partial charge on any atom is 0.326 e. The predicted octanol–water partition coefficient (Wildman–Crippen LogP) is 0.339. The van der Waals surface area contributed by atoms with Gasteiger partial charge in [-0.15, -0.1) is 0 Å². The molecule has 5 N–H and O–H groups in total. The quantitative estimate of drug-likeness (QED) is 0.239. The van der Waals surface area contributed by atoms with Crippen LogP contribution in [0.4, 0.5) is 4.79 Å². The third-order valence-electron chi connectivity index (χ3n) is 3.25. The monoisotopic (exact) mass is 345 g/mol. The summed E-state index contributed by atoms with van der Waals surface area (Å²) < 4.78 is 0. The van der Waals surface area contributed by atoms with Gasteiger partial charge in [0.1, 0.15) is 18.4 Å². The summed E-state index contributed by atoms with van der Waals surface area (Å²) in [5.41, 5.74) is 0. The van der Waals surface area contributed by atoms with Crippen LogP contribution >= 0.6 is 0 Å². The Morgan fingerprint density at radius 3 is 1.96 bits per heavy atom. The van der Waals surface area contributed by atoms with E-state index in [9.17, 15) is 19.2 Å². The van der Waals surface area contributed by atoms with Gasteiger partial charge in [0.05, 0.1) is 0 Å². The Labute approximate surface area is 141 Å². The fourth-order valence-corrected chi connectivity index (χ4v) is 1.97. The number of carboxylic acid groups (broad SMARTS) is 2. The lowest BCUT2D eigenvalue weighted by molar-refractivity contribution is -0.139. The Morgan fingerprint density at radius 1 is 0.958 bits per heavy atom. The predicted molar refractivity (Wildman–Crippen MR) is 86.8 cm³/mol. The van der Waals surface area contributed by atoms with Gasteiger partial charge in [0, 0.05) is 12.5 Å². The third-order valence-corrected chi connectivity index (χ3v) is 3.25. The molecule has 9 nitrogen and oxygen atoms in total. The Morgan fingerprint density at radius 2 is 1.50 bits per heavy atom. The summed E-state index contributed by atoms with van der Waals surface area (Å²) in [7, 11) is 0. The minimum Gasteiger partial charge on any atom is -0.480 e. The zero-order chi connectivity index (χ0) is 18.5. The van der Waals surface area contributed by atoms with Crippen LogP contribution in [0, 0.1) is 0 Å². The van der Waals surface area contributed by atoms with E-state index in [1.54, 1.807) is 0 Å². The van der Waals surface area contributed by atoms with Crippen LogP contribution in [0.15, 0.2) is 0 Å². The van der Waals surface area contributed by atoms with Gasteiger partial charge in [0.15, 0.2) is 0 Å². The number of nitrogens with one attached hydrogen (secondary N) is 3. The van der Waals surface area contributed by atoms with Crippen LogP contribution in [0.1, 0.15) is 46.0 Å². The van der Waals surface area contributed by atoms with Crippen LogP contribution in [-0.4, -0.2) is 59.1 Å². The number of unbranched alkanes of at least 4 members (excludes halogenated alkanes) is 1. The molecule has 0 heterocycles. The second-order valence-corrected chi connectivity index (χ2v) is 5.75. The molecular formula is C15H27N3O6. The highest BCUT2D eigenvalue weighted by molar-refractivity contribution is 5.86. The van der Waals surface area contributed by atoms with E-state index in [0.717, 1.165) is 13.0 Å². The molecule has 0 saturated carbocycles. The van der Waals surface area contributed by atoms with Crippen molar-refractivity contribution >= 4 is 24.3 Å². The lowest BCUT2D eigenvalue weighted by atomic mass is 10.1. The fraction of sp³-hybridized carbons (Fsp3) is 0.733. The van der Waals surface area contributed by atoms with E-state index < -0.39 is 30.1 Å². The third kappa shape index (κ3) is 10.5. The van der Waals surface area contributed by atoms with Gasteiger partial charge in [-0.1, -0.05) is 13.8 Å². The fourth-order valence-electron chi connectivity index (χ4n) is 1.97. The number of hydrogen-bond donors (Lipinski definition) is 5. The van der Waals surface area contributed by atoms with Crippen LogP contribution in [0.25, 0.3) is 0 Å². The highest BCUT2D eigenvalue weighted by Crippen LogP contribution is 2.02. The van der Waals surface area contributed by atoms with Gasteiger partial charge < -0.3 is 31.0 Å². The topological polar surface area (TPSA) is 145 Å². The van der Waals surface area contributed by atoms with E-state index in [4.69, 9.17) is 10.2 Å². The van der Waals surface area contributed by atoms with Gasteiger partial charge in [0.25, 0.3) is 0 Å². The molecule has 0 saturated heterocycles. The molecule has 0 aliphatic carbocycles. The molecule has 2 unspecified atom stereocenters. The summed E-state index contributed by atoms with van der Waals surface area (Å²) in [4.78, 5) is 44.2. The number of carbonyl (C=O) groups excluding carboxylic acids is 2. The van der Waals surface area contributed by atoms with Crippen LogP contribution < -0.4 is 16.0 Å². The molecule has 0 aromatic heterocycles. The average Bonchev–Trinajstić information content (AvgIpc) is 2.49. The number of carbonyl (C=O) groups is 4. The molecular weight excluding hydrogens is 318 g/mol. The first kappa shape index (κ1) is 21.8. The van der Waals surface area contributed by atoms with E-state index in [1.165, 1.54) is 0 Å².